The zero-order valence-electron chi connectivity index (χ0n) is 12.4. The van der Waals surface area contributed by atoms with Gasteiger partial charge < -0.3 is 5.21 Å². The quantitative estimate of drug-likeness (QED) is 0.397. The van der Waals surface area contributed by atoms with Crippen LogP contribution in [-0.4, -0.2) is 44.5 Å². The van der Waals surface area contributed by atoms with Crippen LogP contribution in [0.3, 0.4) is 0 Å². The Bertz CT molecular complexity index is 671. The van der Waals surface area contributed by atoms with Crippen molar-refractivity contribution >= 4 is 29.0 Å². The average molecular weight is 337 g/mol. The van der Waals surface area contributed by atoms with Crippen molar-refractivity contribution in [2.75, 3.05) is 0 Å². The summed E-state index contributed by atoms with van der Waals surface area (Å²) in [4.78, 5) is 24.5. The van der Waals surface area contributed by atoms with Crippen molar-refractivity contribution in [1.82, 2.24) is 5.06 Å². The molecule has 2 unspecified atom stereocenters. The van der Waals surface area contributed by atoms with Gasteiger partial charge >= 0.3 is 5.91 Å². The van der Waals surface area contributed by atoms with E-state index in [1.807, 2.05) is 0 Å². The number of amides is 1. The van der Waals surface area contributed by atoms with Crippen molar-refractivity contribution in [3.05, 3.63) is 40.1 Å². The van der Waals surface area contributed by atoms with Crippen molar-refractivity contribution in [3.8, 4) is 0 Å². The smallest absolute Gasteiger partial charge is 0.339 e. The fourth-order valence-electron chi connectivity index (χ4n) is 3.27. The minimum atomic E-state index is -0.773. The molecule has 0 aromatic heterocycles. The molecule has 1 aromatic rings. The van der Waals surface area contributed by atoms with E-state index in [4.69, 9.17) is 11.6 Å². The van der Waals surface area contributed by atoms with E-state index in [1.165, 1.54) is 0 Å². The summed E-state index contributed by atoms with van der Waals surface area (Å²) in [5.41, 5.74) is 0.175. The van der Waals surface area contributed by atoms with Crippen LogP contribution >= 0.6 is 11.6 Å². The van der Waals surface area contributed by atoms with Crippen LogP contribution in [0.1, 0.15) is 42.5 Å². The number of rotatable bonds is 3. The molecule has 0 bridgehead atoms. The Kier molecular flexibility index (Phi) is 4.37. The molecular weight excluding hydrogens is 320 g/mol. The zero-order chi connectivity index (χ0) is 16.6. The number of carbonyl (C=O) groups is 2. The normalized spacial score (nSPS) is 24.6. The maximum Gasteiger partial charge on any atom is 0.339 e. The molecule has 1 heterocycles. The fraction of sp³-hybridized carbons (Fsp3) is 0.438. The lowest BCUT2D eigenvalue weighted by atomic mass is 9.88. The van der Waals surface area contributed by atoms with Gasteiger partial charge in [0.05, 0.1) is 0 Å². The molecule has 0 saturated heterocycles. The molecule has 0 spiro atoms. The Labute approximate surface area is 138 Å². The molecule has 3 rings (SSSR count). The van der Waals surface area contributed by atoms with E-state index < -0.39 is 18.0 Å². The van der Waals surface area contributed by atoms with E-state index >= 15 is 0 Å². The van der Waals surface area contributed by atoms with Crippen LogP contribution in [0.2, 0.25) is 5.02 Å². The van der Waals surface area contributed by atoms with Gasteiger partial charge in [0.2, 0.25) is 0 Å². The summed E-state index contributed by atoms with van der Waals surface area (Å²) < 4.78 is 0.646. The number of ketones is 1. The molecular formula is C16H17ClN2O4. The summed E-state index contributed by atoms with van der Waals surface area (Å²) in [6.45, 7) is 0. The monoisotopic (exact) mass is 336 g/mol. The predicted molar refractivity (Wildman–Crippen MR) is 83.7 cm³/mol. The highest BCUT2D eigenvalue weighted by atomic mass is 35.5. The maximum atomic E-state index is 12.5. The Balaban J connectivity index is 1.86. The third-order valence-corrected chi connectivity index (χ3v) is 4.78. The molecule has 6 nitrogen and oxygen atoms in total. The van der Waals surface area contributed by atoms with Gasteiger partial charge in [-0.15, -0.1) is 0 Å². The van der Waals surface area contributed by atoms with Gasteiger partial charge in [-0.1, -0.05) is 18.0 Å². The Morgan fingerprint density at radius 3 is 2.65 bits per heavy atom. The number of fused-ring (bicyclic) bond motifs is 1. The van der Waals surface area contributed by atoms with Crippen LogP contribution in [0.5, 0.6) is 0 Å². The fourth-order valence-corrected chi connectivity index (χ4v) is 3.40. The van der Waals surface area contributed by atoms with Crippen LogP contribution in [0.15, 0.2) is 24.3 Å². The first-order chi connectivity index (χ1) is 11.0. The first kappa shape index (κ1) is 16.0. The molecule has 1 fully saturated rings. The molecule has 23 heavy (non-hydrogen) atoms. The second-order valence-corrected chi connectivity index (χ2v) is 6.38. The molecule has 1 saturated carbocycles. The number of nitrogens with zero attached hydrogens (tertiary/aromatic N) is 2. The van der Waals surface area contributed by atoms with Gasteiger partial charge in [0, 0.05) is 17.0 Å². The average Bonchev–Trinajstić information content (AvgIpc) is 2.57. The van der Waals surface area contributed by atoms with E-state index in [9.17, 15) is 20.0 Å². The summed E-state index contributed by atoms with van der Waals surface area (Å²) >= 11 is 5.78. The molecule has 2 aliphatic rings. The van der Waals surface area contributed by atoms with Crippen molar-refractivity contribution in [3.63, 3.8) is 0 Å². The highest BCUT2D eigenvalue weighted by molar-refractivity contribution is 6.40. The zero-order valence-corrected chi connectivity index (χ0v) is 13.2. The number of hydroxylamine groups is 3. The number of carbonyl (C=O) groups excluding carboxylic acids is 2. The number of benzene rings is 1. The Hall–Kier alpha value is -1.92. The van der Waals surface area contributed by atoms with E-state index in [-0.39, 0.29) is 17.9 Å². The van der Waals surface area contributed by atoms with Crippen LogP contribution < -0.4 is 0 Å². The van der Waals surface area contributed by atoms with Gasteiger partial charge in [-0.2, -0.15) is 4.74 Å². The van der Waals surface area contributed by atoms with Crippen LogP contribution in [0, 0.1) is 5.21 Å². The van der Waals surface area contributed by atoms with Gasteiger partial charge in [-0.3, -0.25) is 14.8 Å². The molecule has 1 N–H and O–H groups in total. The van der Waals surface area contributed by atoms with Gasteiger partial charge in [-0.05, 0) is 37.1 Å². The second kappa shape index (κ2) is 6.29. The van der Waals surface area contributed by atoms with Gasteiger partial charge in [0.1, 0.15) is 12.5 Å². The standard InChI is InChI=1S/C16H17ClN2O4/c17-11-7-5-10(6-8-11)15(20)9-14-16(21)19(23)13-4-2-1-3-12(13)18(14)22/h5-8,12-13,23H,1-4,9H2. The molecule has 2 atom stereocenters. The first-order valence-corrected chi connectivity index (χ1v) is 8.00. The minimum absolute atomic E-state index is 0.199. The highest BCUT2D eigenvalue weighted by Gasteiger charge is 2.46. The minimum Gasteiger partial charge on any atom is -0.623 e. The van der Waals surface area contributed by atoms with Gasteiger partial charge in [0.25, 0.3) is 5.71 Å². The third kappa shape index (κ3) is 2.96. The third-order valence-electron chi connectivity index (χ3n) is 4.52. The number of hydrogen-bond donors (Lipinski definition) is 1. The lowest BCUT2D eigenvalue weighted by Crippen LogP contribution is -2.59. The summed E-state index contributed by atoms with van der Waals surface area (Å²) in [7, 11) is 0. The molecule has 1 aliphatic heterocycles. The van der Waals surface area contributed by atoms with Crippen LogP contribution in [0.4, 0.5) is 0 Å². The van der Waals surface area contributed by atoms with E-state index in [0.717, 1.165) is 12.8 Å². The highest BCUT2D eigenvalue weighted by Crippen LogP contribution is 2.28. The van der Waals surface area contributed by atoms with Crippen LogP contribution in [-0.2, 0) is 4.79 Å². The van der Waals surface area contributed by atoms with Crippen molar-refractivity contribution < 1.29 is 19.5 Å². The summed E-state index contributed by atoms with van der Waals surface area (Å²) in [6.07, 6.45) is 2.63. The molecule has 1 aromatic carbocycles. The number of halogens is 1. The number of hydrogen-bond acceptors (Lipinski definition) is 4. The first-order valence-electron chi connectivity index (χ1n) is 7.62. The predicted octanol–water partition coefficient (Wildman–Crippen LogP) is 2.41. The lowest BCUT2D eigenvalue weighted by molar-refractivity contribution is -0.523. The molecule has 122 valence electrons. The topological polar surface area (TPSA) is 83.7 Å². The van der Waals surface area contributed by atoms with E-state index in [0.29, 0.717) is 33.2 Å². The molecule has 1 amide bonds. The van der Waals surface area contributed by atoms with Crippen molar-refractivity contribution in [2.45, 2.75) is 44.2 Å². The SMILES string of the molecule is O=C(CC1=[N+]([O-])C2CCCCC2N(O)C1=O)c1ccc(Cl)cc1. The summed E-state index contributed by atoms with van der Waals surface area (Å²) in [6, 6.07) is 5.29. The molecule has 0 radical (unpaired) electrons. The molecule has 7 heteroatoms. The summed E-state index contributed by atoms with van der Waals surface area (Å²) in [5.74, 6) is -1.13. The van der Waals surface area contributed by atoms with Gasteiger partial charge in [-0.25, -0.2) is 5.06 Å². The maximum absolute atomic E-state index is 12.5. The van der Waals surface area contributed by atoms with E-state index in [2.05, 4.69) is 0 Å². The Morgan fingerprint density at radius 2 is 1.96 bits per heavy atom. The lowest BCUT2D eigenvalue weighted by Gasteiger charge is -2.38. The van der Waals surface area contributed by atoms with Gasteiger partial charge in [0.15, 0.2) is 11.8 Å². The van der Waals surface area contributed by atoms with Crippen LogP contribution in [0.25, 0.3) is 0 Å². The Morgan fingerprint density at radius 1 is 1.30 bits per heavy atom. The summed E-state index contributed by atoms with van der Waals surface area (Å²) in [5, 5.41) is 23.7. The largest absolute Gasteiger partial charge is 0.623 e. The van der Waals surface area contributed by atoms with Crippen molar-refractivity contribution in [2.24, 2.45) is 0 Å². The second-order valence-electron chi connectivity index (χ2n) is 5.95. The molecule has 1 aliphatic carbocycles. The number of Topliss-reactive ketones (excluding diaryl/α,β-unsaturated/α-hetero) is 1. The van der Waals surface area contributed by atoms with E-state index in [1.54, 1.807) is 24.3 Å². The van der Waals surface area contributed by atoms with Crippen molar-refractivity contribution in [1.29, 1.82) is 0 Å².